The van der Waals surface area contributed by atoms with Gasteiger partial charge in [0.2, 0.25) is 0 Å². The summed E-state index contributed by atoms with van der Waals surface area (Å²) in [5.74, 6) is -1.95. The zero-order valence-electron chi connectivity index (χ0n) is 11.9. The molecule has 0 radical (unpaired) electrons. The fraction of sp³-hybridized carbons (Fsp3) is 0.562. The van der Waals surface area contributed by atoms with Gasteiger partial charge in [0.05, 0.1) is 11.7 Å². The molecule has 0 spiro atoms. The second kappa shape index (κ2) is 6.00. The number of rotatable bonds is 4. The van der Waals surface area contributed by atoms with Crippen molar-refractivity contribution in [1.82, 2.24) is 0 Å². The molecule has 0 bridgehead atoms. The van der Waals surface area contributed by atoms with Gasteiger partial charge in [-0.1, -0.05) is 13.8 Å². The zero-order valence-corrected chi connectivity index (χ0v) is 11.9. The summed E-state index contributed by atoms with van der Waals surface area (Å²) in [6, 6.07) is 2.97. The first-order valence-corrected chi connectivity index (χ1v) is 6.97. The number of carbonyl (C=O) groups excluding carboxylic acids is 1. The minimum Gasteiger partial charge on any atom is -0.370 e. The fourth-order valence-corrected chi connectivity index (χ4v) is 2.53. The van der Waals surface area contributed by atoms with Crippen LogP contribution >= 0.6 is 0 Å². The van der Waals surface area contributed by atoms with E-state index in [4.69, 9.17) is 4.74 Å². The molecule has 1 aromatic carbocycles. The lowest BCUT2D eigenvalue weighted by Crippen LogP contribution is -2.28. The van der Waals surface area contributed by atoms with E-state index in [1.165, 1.54) is 6.07 Å². The first-order chi connectivity index (χ1) is 9.37. The van der Waals surface area contributed by atoms with Gasteiger partial charge in [-0.3, -0.25) is 4.79 Å². The predicted octanol–water partition coefficient (Wildman–Crippen LogP) is 4.13. The Labute approximate surface area is 118 Å². The summed E-state index contributed by atoms with van der Waals surface area (Å²) in [7, 11) is 0. The van der Waals surface area contributed by atoms with E-state index in [1.807, 2.05) is 0 Å². The first kappa shape index (κ1) is 15.1. The second-order valence-corrected chi connectivity index (χ2v) is 6.22. The molecule has 2 nitrogen and oxygen atoms in total. The highest BCUT2D eigenvalue weighted by Gasteiger charge is 2.27. The Kier molecular flexibility index (Phi) is 4.53. The van der Waals surface area contributed by atoms with Crippen molar-refractivity contribution in [3.05, 3.63) is 35.4 Å². The number of halogens is 2. The number of benzene rings is 1. The van der Waals surface area contributed by atoms with Crippen LogP contribution in [0.15, 0.2) is 18.2 Å². The van der Waals surface area contributed by atoms with E-state index in [2.05, 4.69) is 13.8 Å². The molecule has 1 aromatic rings. The molecule has 0 aromatic heterocycles. The van der Waals surface area contributed by atoms with Crippen LogP contribution < -0.4 is 0 Å². The van der Waals surface area contributed by atoms with Gasteiger partial charge in [-0.25, -0.2) is 8.78 Å². The minimum absolute atomic E-state index is 0.0653. The van der Waals surface area contributed by atoms with E-state index < -0.39 is 17.4 Å². The van der Waals surface area contributed by atoms with Crippen molar-refractivity contribution in [2.75, 3.05) is 6.61 Å². The molecule has 0 N–H and O–H groups in total. The summed E-state index contributed by atoms with van der Waals surface area (Å²) < 4.78 is 31.8. The van der Waals surface area contributed by atoms with Crippen molar-refractivity contribution in [1.29, 1.82) is 0 Å². The first-order valence-electron chi connectivity index (χ1n) is 6.97. The Hall–Kier alpha value is -1.29. The second-order valence-electron chi connectivity index (χ2n) is 6.22. The number of ether oxygens (including phenoxy) is 1. The standard InChI is InChI=1S/C16H20F2O2/c1-16(2)7-5-12(6-8-16)20-10-15(19)13-4-3-11(17)9-14(13)18/h3-4,9,12H,5-8,10H2,1-2H3. The summed E-state index contributed by atoms with van der Waals surface area (Å²) in [6.07, 6.45) is 4.04. The quantitative estimate of drug-likeness (QED) is 0.776. The number of Topliss-reactive ketones (excluding diaryl/α,β-unsaturated/α-hetero) is 1. The van der Waals surface area contributed by atoms with Crippen molar-refractivity contribution in [3.63, 3.8) is 0 Å². The van der Waals surface area contributed by atoms with Crippen LogP contribution in [0.2, 0.25) is 0 Å². The fourth-order valence-electron chi connectivity index (χ4n) is 2.53. The third-order valence-corrected chi connectivity index (χ3v) is 3.97. The molecular weight excluding hydrogens is 262 g/mol. The Morgan fingerprint density at radius 2 is 1.95 bits per heavy atom. The SMILES string of the molecule is CC1(C)CCC(OCC(=O)c2ccc(F)cc2F)CC1. The lowest BCUT2D eigenvalue weighted by Gasteiger charge is -2.34. The summed E-state index contributed by atoms with van der Waals surface area (Å²) >= 11 is 0. The Bertz CT molecular complexity index is 487. The Morgan fingerprint density at radius 1 is 1.30 bits per heavy atom. The van der Waals surface area contributed by atoms with E-state index in [0.717, 1.165) is 37.8 Å². The van der Waals surface area contributed by atoms with Gasteiger partial charge >= 0.3 is 0 Å². The van der Waals surface area contributed by atoms with Crippen LogP contribution in [-0.4, -0.2) is 18.5 Å². The molecule has 2 rings (SSSR count). The summed E-state index contributed by atoms with van der Waals surface area (Å²) in [4.78, 5) is 11.9. The highest BCUT2D eigenvalue weighted by Crippen LogP contribution is 2.36. The monoisotopic (exact) mass is 282 g/mol. The van der Waals surface area contributed by atoms with Crippen LogP contribution in [0.25, 0.3) is 0 Å². The molecule has 1 fully saturated rings. The molecule has 0 heterocycles. The van der Waals surface area contributed by atoms with Crippen LogP contribution in [0, 0.1) is 17.0 Å². The molecular formula is C16H20F2O2. The van der Waals surface area contributed by atoms with Crippen LogP contribution in [0.3, 0.4) is 0 Å². The molecule has 0 amide bonds. The zero-order chi connectivity index (χ0) is 14.8. The molecule has 20 heavy (non-hydrogen) atoms. The van der Waals surface area contributed by atoms with Crippen molar-refractivity contribution < 1.29 is 18.3 Å². The van der Waals surface area contributed by atoms with E-state index in [0.29, 0.717) is 5.41 Å². The average Bonchev–Trinajstić information content (AvgIpc) is 2.37. The van der Waals surface area contributed by atoms with Gasteiger partial charge in [-0.15, -0.1) is 0 Å². The maximum atomic E-state index is 13.5. The Balaban J connectivity index is 1.87. The lowest BCUT2D eigenvalue weighted by molar-refractivity contribution is 0.00848. The summed E-state index contributed by atoms with van der Waals surface area (Å²) in [6.45, 7) is 4.30. The van der Waals surface area contributed by atoms with Gasteiger partial charge in [0.15, 0.2) is 5.78 Å². The van der Waals surface area contributed by atoms with E-state index in [1.54, 1.807) is 0 Å². The van der Waals surface area contributed by atoms with Crippen LogP contribution in [0.5, 0.6) is 0 Å². The van der Waals surface area contributed by atoms with E-state index in [-0.39, 0.29) is 18.3 Å². The molecule has 0 atom stereocenters. The highest BCUT2D eigenvalue weighted by atomic mass is 19.1. The lowest BCUT2D eigenvalue weighted by atomic mass is 9.76. The topological polar surface area (TPSA) is 26.3 Å². The molecule has 4 heteroatoms. The maximum absolute atomic E-state index is 13.5. The van der Waals surface area contributed by atoms with Crippen LogP contribution in [0.1, 0.15) is 49.9 Å². The van der Waals surface area contributed by atoms with Gasteiger partial charge in [0.1, 0.15) is 18.2 Å². The third-order valence-electron chi connectivity index (χ3n) is 3.97. The molecule has 110 valence electrons. The van der Waals surface area contributed by atoms with Gasteiger partial charge in [0, 0.05) is 6.07 Å². The highest BCUT2D eigenvalue weighted by molar-refractivity contribution is 5.97. The maximum Gasteiger partial charge on any atom is 0.191 e. The van der Waals surface area contributed by atoms with Gasteiger partial charge in [0.25, 0.3) is 0 Å². The largest absolute Gasteiger partial charge is 0.370 e. The van der Waals surface area contributed by atoms with E-state index in [9.17, 15) is 13.6 Å². The molecule has 0 saturated heterocycles. The van der Waals surface area contributed by atoms with Gasteiger partial charge in [-0.2, -0.15) is 0 Å². The summed E-state index contributed by atoms with van der Waals surface area (Å²) in [5, 5.41) is 0. The minimum atomic E-state index is -0.830. The van der Waals surface area contributed by atoms with Crippen LogP contribution in [-0.2, 0) is 4.74 Å². The Morgan fingerprint density at radius 3 is 2.55 bits per heavy atom. The normalized spacial score (nSPS) is 19.0. The summed E-state index contributed by atoms with van der Waals surface area (Å²) in [5.41, 5.74) is 0.231. The number of carbonyl (C=O) groups is 1. The molecule has 1 saturated carbocycles. The average molecular weight is 282 g/mol. The molecule has 0 unspecified atom stereocenters. The smallest absolute Gasteiger partial charge is 0.191 e. The molecule has 1 aliphatic carbocycles. The van der Waals surface area contributed by atoms with Gasteiger partial charge in [-0.05, 0) is 43.2 Å². The van der Waals surface area contributed by atoms with Gasteiger partial charge < -0.3 is 4.74 Å². The number of hydrogen-bond donors (Lipinski definition) is 0. The predicted molar refractivity (Wildman–Crippen MR) is 72.7 cm³/mol. The van der Waals surface area contributed by atoms with Crippen molar-refractivity contribution >= 4 is 5.78 Å². The third kappa shape index (κ3) is 3.85. The van der Waals surface area contributed by atoms with E-state index >= 15 is 0 Å². The van der Waals surface area contributed by atoms with Crippen molar-refractivity contribution in [3.8, 4) is 0 Å². The van der Waals surface area contributed by atoms with Crippen molar-refractivity contribution in [2.24, 2.45) is 5.41 Å². The number of hydrogen-bond acceptors (Lipinski definition) is 2. The molecule has 1 aliphatic rings. The number of ketones is 1. The molecule has 0 aliphatic heterocycles. The van der Waals surface area contributed by atoms with Crippen LogP contribution in [0.4, 0.5) is 8.78 Å². The van der Waals surface area contributed by atoms with Crippen molar-refractivity contribution in [2.45, 2.75) is 45.6 Å².